The van der Waals surface area contributed by atoms with Crippen molar-refractivity contribution in [3.05, 3.63) is 23.4 Å². The number of carbonyl (C=O) groups excluding carboxylic acids is 1. The molecule has 0 saturated heterocycles. The van der Waals surface area contributed by atoms with Gasteiger partial charge in [-0.1, -0.05) is 6.92 Å². The second-order valence-corrected chi connectivity index (χ2v) is 4.28. The van der Waals surface area contributed by atoms with Gasteiger partial charge in [0, 0.05) is 11.6 Å². The van der Waals surface area contributed by atoms with E-state index in [1.165, 1.54) is 0 Å². The predicted molar refractivity (Wildman–Crippen MR) is 55.1 cm³/mol. The predicted octanol–water partition coefficient (Wildman–Crippen LogP) is 1.96. The molecule has 0 bridgehead atoms. The second kappa shape index (κ2) is 2.80. The smallest absolute Gasteiger partial charge is 0.172 e. The lowest BCUT2D eigenvalue weighted by Crippen LogP contribution is -2.16. The van der Waals surface area contributed by atoms with Crippen LogP contribution in [0.25, 0.3) is 0 Å². The van der Waals surface area contributed by atoms with Crippen LogP contribution in [0.4, 0.5) is 5.82 Å². The Morgan fingerprint density at radius 2 is 2.21 bits per heavy atom. The number of nitrogen functional groups attached to an aromatic ring is 1. The fourth-order valence-corrected chi connectivity index (χ4v) is 1.59. The maximum Gasteiger partial charge on any atom is 0.172 e. The van der Waals surface area contributed by atoms with Gasteiger partial charge in [-0.15, -0.1) is 0 Å². The van der Waals surface area contributed by atoms with Crippen molar-refractivity contribution >= 4 is 11.6 Å². The first-order valence-corrected chi connectivity index (χ1v) is 4.80. The monoisotopic (exact) mass is 190 g/mol. The molecule has 2 N–H and O–H groups in total. The first-order chi connectivity index (χ1) is 6.54. The lowest BCUT2D eigenvalue weighted by Gasteiger charge is -2.11. The topological polar surface area (TPSA) is 56.0 Å². The summed E-state index contributed by atoms with van der Waals surface area (Å²) in [5.41, 5.74) is 7.09. The Labute approximate surface area is 83.3 Å². The van der Waals surface area contributed by atoms with Gasteiger partial charge >= 0.3 is 0 Å². The molecule has 0 atom stereocenters. The van der Waals surface area contributed by atoms with Gasteiger partial charge in [0.2, 0.25) is 0 Å². The zero-order valence-corrected chi connectivity index (χ0v) is 8.50. The van der Waals surface area contributed by atoms with E-state index in [1.807, 2.05) is 19.9 Å². The number of aryl methyl sites for hydroxylation is 1. The minimum atomic E-state index is -0.165. The number of hydrogen-bond acceptors (Lipinski definition) is 3. The van der Waals surface area contributed by atoms with E-state index in [0.29, 0.717) is 11.4 Å². The van der Waals surface area contributed by atoms with Crippen molar-refractivity contribution in [1.82, 2.24) is 4.98 Å². The molecule has 3 heteroatoms. The van der Waals surface area contributed by atoms with E-state index in [2.05, 4.69) is 4.98 Å². The molecular formula is C11H14N2O. The highest BCUT2D eigenvalue weighted by atomic mass is 16.1. The summed E-state index contributed by atoms with van der Waals surface area (Å²) >= 11 is 0. The summed E-state index contributed by atoms with van der Waals surface area (Å²) in [6, 6.07) is 1.83. The molecule has 0 spiro atoms. The van der Waals surface area contributed by atoms with Crippen LogP contribution in [0.1, 0.15) is 35.7 Å². The van der Waals surface area contributed by atoms with Gasteiger partial charge in [-0.05, 0) is 31.4 Å². The average molecular weight is 190 g/mol. The van der Waals surface area contributed by atoms with Crippen LogP contribution in [0, 0.1) is 12.3 Å². The van der Waals surface area contributed by atoms with E-state index < -0.39 is 0 Å². The van der Waals surface area contributed by atoms with E-state index >= 15 is 0 Å². The molecule has 1 aromatic heterocycles. The summed E-state index contributed by atoms with van der Waals surface area (Å²) in [6.45, 7) is 3.89. The quantitative estimate of drug-likeness (QED) is 0.725. The zero-order chi connectivity index (χ0) is 10.3. The van der Waals surface area contributed by atoms with Gasteiger partial charge in [0.25, 0.3) is 0 Å². The van der Waals surface area contributed by atoms with Gasteiger partial charge < -0.3 is 5.73 Å². The fourth-order valence-electron chi connectivity index (χ4n) is 1.59. The third-order valence-corrected chi connectivity index (χ3v) is 2.96. The summed E-state index contributed by atoms with van der Waals surface area (Å²) in [5, 5.41) is 0. The highest BCUT2D eigenvalue weighted by Gasteiger charge is 2.46. The number of nitrogens with two attached hydrogens (primary N) is 1. The minimum absolute atomic E-state index is 0.153. The van der Waals surface area contributed by atoms with E-state index in [4.69, 9.17) is 5.73 Å². The van der Waals surface area contributed by atoms with Crippen LogP contribution in [0.2, 0.25) is 0 Å². The number of aromatic nitrogens is 1. The van der Waals surface area contributed by atoms with Gasteiger partial charge in [0.05, 0.1) is 5.56 Å². The standard InChI is InChI=1S/C11H14N2O/c1-7-3-6-13-10(12)8(7)9(14)11(2)4-5-11/h3,6H,4-5H2,1-2H3,(H2,12,13). The summed E-state index contributed by atoms with van der Waals surface area (Å²) in [5.74, 6) is 0.517. The Morgan fingerprint density at radius 1 is 1.57 bits per heavy atom. The largest absolute Gasteiger partial charge is 0.383 e. The van der Waals surface area contributed by atoms with Crippen LogP contribution in [-0.2, 0) is 0 Å². The molecule has 1 aromatic rings. The zero-order valence-electron chi connectivity index (χ0n) is 8.50. The Balaban J connectivity index is 2.45. The molecular weight excluding hydrogens is 176 g/mol. The Bertz CT molecular complexity index is 374. The van der Waals surface area contributed by atoms with E-state index in [1.54, 1.807) is 6.20 Å². The maximum absolute atomic E-state index is 12.1. The third-order valence-electron chi connectivity index (χ3n) is 2.96. The molecule has 14 heavy (non-hydrogen) atoms. The van der Waals surface area contributed by atoms with Gasteiger partial charge in [-0.2, -0.15) is 0 Å². The fraction of sp³-hybridized carbons (Fsp3) is 0.455. The van der Waals surface area contributed by atoms with E-state index in [0.717, 1.165) is 18.4 Å². The van der Waals surface area contributed by atoms with E-state index in [9.17, 15) is 4.79 Å². The molecule has 1 saturated carbocycles. The first-order valence-electron chi connectivity index (χ1n) is 4.80. The second-order valence-electron chi connectivity index (χ2n) is 4.28. The van der Waals surface area contributed by atoms with Crippen molar-refractivity contribution in [2.75, 3.05) is 5.73 Å². The molecule has 1 fully saturated rings. The number of pyridine rings is 1. The van der Waals surface area contributed by atoms with Crippen LogP contribution in [0.15, 0.2) is 12.3 Å². The van der Waals surface area contributed by atoms with Crippen molar-refractivity contribution in [3.63, 3.8) is 0 Å². The Morgan fingerprint density at radius 3 is 2.71 bits per heavy atom. The SMILES string of the molecule is Cc1ccnc(N)c1C(=O)C1(C)CC1. The summed E-state index contributed by atoms with van der Waals surface area (Å²) in [7, 11) is 0. The molecule has 0 aromatic carbocycles. The number of Topliss-reactive ketones (excluding diaryl/α,β-unsaturated/α-hetero) is 1. The summed E-state index contributed by atoms with van der Waals surface area (Å²) < 4.78 is 0. The number of ketones is 1. The Hall–Kier alpha value is -1.38. The van der Waals surface area contributed by atoms with Gasteiger partial charge in [-0.3, -0.25) is 4.79 Å². The molecule has 1 aliphatic carbocycles. The average Bonchev–Trinajstić information content (AvgIpc) is 2.84. The number of rotatable bonds is 2. The molecule has 1 aliphatic rings. The van der Waals surface area contributed by atoms with E-state index in [-0.39, 0.29) is 11.2 Å². The first kappa shape index (κ1) is 9.19. The molecule has 0 radical (unpaired) electrons. The van der Waals surface area contributed by atoms with Crippen molar-refractivity contribution in [2.45, 2.75) is 26.7 Å². The lowest BCUT2D eigenvalue weighted by molar-refractivity contribution is 0.0912. The molecule has 3 nitrogen and oxygen atoms in total. The maximum atomic E-state index is 12.1. The molecule has 1 heterocycles. The summed E-state index contributed by atoms with van der Waals surface area (Å²) in [6.07, 6.45) is 3.58. The normalized spacial score (nSPS) is 17.9. The van der Waals surface area contributed by atoms with Crippen molar-refractivity contribution in [2.24, 2.45) is 5.41 Å². The van der Waals surface area contributed by atoms with Crippen LogP contribution < -0.4 is 5.73 Å². The third kappa shape index (κ3) is 1.29. The Kier molecular flexibility index (Phi) is 1.84. The molecule has 2 rings (SSSR count). The number of anilines is 1. The van der Waals surface area contributed by atoms with Crippen LogP contribution in [-0.4, -0.2) is 10.8 Å². The molecule has 0 amide bonds. The minimum Gasteiger partial charge on any atom is -0.383 e. The number of hydrogen-bond donors (Lipinski definition) is 1. The van der Waals surface area contributed by atoms with Crippen LogP contribution >= 0.6 is 0 Å². The van der Waals surface area contributed by atoms with Gasteiger partial charge in [-0.25, -0.2) is 4.98 Å². The van der Waals surface area contributed by atoms with Gasteiger partial charge in [0.1, 0.15) is 5.82 Å². The molecule has 0 unspecified atom stereocenters. The number of nitrogens with zero attached hydrogens (tertiary/aromatic N) is 1. The summed E-state index contributed by atoms with van der Waals surface area (Å²) in [4.78, 5) is 16.0. The van der Waals surface area contributed by atoms with Crippen molar-refractivity contribution in [3.8, 4) is 0 Å². The van der Waals surface area contributed by atoms with Gasteiger partial charge in [0.15, 0.2) is 5.78 Å². The van der Waals surface area contributed by atoms with Crippen molar-refractivity contribution < 1.29 is 4.79 Å². The highest BCUT2D eigenvalue weighted by molar-refractivity contribution is 6.06. The van der Waals surface area contributed by atoms with Crippen LogP contribution in [0.5, 0.6) is 0 Å². The lowest BCUT2D eigenvalue weighted by atomic mass is 9.94. The highest BCUT2D eigenvalue weighted by Crippen LogP contribution is 2.48. The molecule has 0 aliphatic heterocycles. The van der Waals surface area contributed by atoms with Crippen LogP contribution in [0.3, 0.4) is 0 Å². The van der Waals surface area contributed by atoms with Crippen molar-refractivity contribution in [1.29, 1.82) is 0 Å². The molecule has 74 valence electrons. The number of carbonyl (C=O) groups is 1.